The predicted molar refractivity (Wildman–Crippen MR) is 63.7 cm³/mol. The predicted octanol–water partition coefficient (Wildman–Crippen LogP) is 3.04. The Labute approximate surface area is 111 Å². The second-order valence-corrected chi connectivity index (χ2v) is 4.05. The number of rotatable bonds is 3. The summed E-state index contributed by atoms with van der Waals surface area (Å²) in [5.41, 5.74) is 4.73. The fourth-order valence-electron chi connectivity index (χ4n) is 1.52. The first-order valence-electron chi connectivity index (χ1n) is 5.17. The van der Waals surface area contributed by atoms with Gasteiger partial charge in [0.25, 0.3) is 0 Å². The van der Waals surface area contributed by atoms with Crippen LogP contribution in [0.3, 0.4) is 0 Å². The number of hydrogen-bond acceptors (Lipinski definition) is 3. The first-order chi connectivity index (χ1) is 8.91. The van der Waals surface area contributed by atoms with E-state index >= 15 is 0 Å². The van der Waals surface area contributed by atoms with Gasteiger partial charge in [-0.2, -0.15) is 18.3 Å². The summed E-state index contributed by atoms with van der Waals surface area (Å²) in [4.78, 5) is 0. The van der Waals surface area contributed by atoms with Crippen LogP contribution in [0.25, 0.3) is 11.3 Å². The largest absolute Gasteiger partial charge is 0.478 e. The first-order valence-corrected chi connectivity index (χ1v) is 5.55. The van der Waals surface area contributed by atoms with Crippen LogP contribution in [-0.4, -0.2) is 16.9 Å². The summed E-state index contributed by atoms with van der Waals surface area (Å²) in [7, 11) is 0. The molecule has 0 radical (unpaired) electrons. The summed E-state index contributed by atoms with van der Waals surface area (Å²) < 4.78 is 42.6. The van der Waals surface area contributed by atoms with E-state index in [0.717, 1.165) is 6.07 Å². The second kappa shape index (κ2) is 5.10. The van der Waals surface area contributed by atoms with E-state index in [-0.39, 0.29) is 12.4 Å². The van der Waals surface area contributed by atoms with Crippen LogP contribution >= 0.6 is 11.6 Å². The zero-order valence-electron chi connectivity index (χ0n) is 9.46. The molecule has 0 saturated carbocycles. The number of benzene rings is 1. The summed E-state index contributed by atoms with van der Waals surface area (Å²) in [5.74, 6) is 0.312. The number of nitrogens with two attached hydrogens (primary N) is 1. The molecule has 0 aliphatic rings. The third-order valence-corrected chi connectivity index (χ3v) is 2.57. The molecule has 3 N–H and O–H groups in total. The smallest absolute Gasteiger partial charge is 0.432 e. The van der Waals surface area contributed by atoms with E-state index in [0.29, 0.717) is 16.3 Å². The van der Waals surface area contributed by atoms with Gasteiger partial charge in [0.15, 0.2) is 0 Å². The molecular weight excluding hydrogens is 283 g/mol. The van der Waals surface area contributed by atoms with Gasteiger partial charge in [-0.15, -0.1) is 0 Å². The average Bonchev–Trinajstić information content (AvgIpc) is 2.80. The van der Waals surface area contributed by atoms with Crippen molar-refractivity contribution in [2.45, 2.75) is 6.18 Å². The van der Waals surface area contributed by atoms with Crippen molar-refractivity contribution in [3.05, 3.63) is 35.0 Å². The third kappa shape index (κ3) is 2.99. The molecule has 8 heteroatoms. The Balaban J connectivity index is 2.46. The van der Waals surface area contributed by atoms with Crippen LogP contribution in [0.15, 0.2) is 24.3 Å². The molecule has 0 amide bonds. The van der Waals surface area contributed by atoms with Crippen molar-refractivity contribution in [1.82, 2.24) is 10.2 Å². The monoisotopic (exact) mass is 291 g/mol. The Morgan fingerprint density at radius 2 is 2.05 bits per heavy atom. The van der Waals surface area contributed by atoms with Crippen molar-refractivity contribution in [1.29, 1.82) is 0 Å². The minimum Gasteiger partial charge on any atom is -0.478 e. The summed E-state index contributed by atoms with van der Waals surface area (Å²) in [6, 6.07) is 5.41. The molecule has 0 bridgehead atoms. The first kappa shape index (κ1) is 13.7. The number of hydrogen-bond donors (Lipinski definition) is 2. The van der Waals surface area contributed by atoms with Gasteiger partial charge in [0.05, 0.1) is 5.69 Å². The van der Waals surface area contributed by atoms with Crippen LogP contribution in [0.5, 0.6) is 5.75 Å². The van der Waals surface area contributed by atoms with Gasteiger partial charge in [0.1, 0.15) is 18.2 Å². The van der Waals surface area contributed by atoms with Crippen molar-refractivity contribution >= 4 is 11.6 Å². The van der Waals surface area contributed by atoms with E-state index in [2.05, 4.69) is 5.10 Å². The summed E-state index contributed by atoms with van der Waals surface area (Å²) in [5, 5.41) is 5.90. The minimum atomic E-state index is -4.49. The number of nitrogens with zero attached hydrogens (tertiary/aromatic N) is 1. The SMILES string of the molecule is NCOc1ccc(Cl)cc1-c1cc(C(F)(F)F)[nH]n1. The molecule has 1 heterocycles. The lowest BCUT2D eigenvalue weighted by Crippen LogP contribution is -2.08. The fourth-order valence-corrected chi connectivity index (χ4v) is 1.70. The van der Waals surface area contributed by atoms with Gasteiger partial charge in [0.2, 0.25) is 0 Å². The highest BCUT2D eigenvalue weighted by Crippen LogP contribution is 2.35. The average molecular weight is 292 g/mol. The molecule has 0 unspecified atom stereocenters. The molecule has 102 valence electrons. The Kier molecular flexibility index (Phi) is 3.68. The molecule has 0 aliphatic carbocycles. The quantitative estimate of drug-likeness (QED) is 0.854. The van der Waals surface area contributed by atoms with Gasteiger partial charge in [-0.1, -0.05) is 11.6 Å². The zero-order chi connectivity index (χ0) is 14.0. The van der Waals surface area contributed by atoms with Gasteiger partial charge in [0, 0.05) is 10.6 Å². The summed E-state index contributed by atoms with van der Waals surface area (Å²) in [6.45, 7) is -0.106. The van der Waals surface area contributed by atoms with E-state index < -0.39 is 11.9 Å². The lowest BCUT2D eigenvalue weighted by molar-refractivity contribution is -0.141. The molecule has 2 aromatic rings. The highest BCUT2D eigenvalue weighted by atomic mass is 35.5. The fraction of sp³-hybridized carbons (Fsp3) is 0.182. The van der Waals surface area contributed by atoms with Gasteiger partial charge in [-0.05, 0) is 24.3 Å². The Bertz CT molecular complexity index is 583. The molecule has 0 saturated heterocycles. The number of halogens is 4. The topological polar surface area (TPSA) is 63.9 Å². The van der Waals surface area contributed by atoms with Gasteiger partial charge >= 0.3 is 6.18 Å². The Morgan fingerprint density at radius 1 is 1.32 bits per heavy atom. The molecule has 1 aromatic heterocycles. The lowest BCUT2D eigenvalue weighted by Gasteiger charge is -2.08. The van der Waals surface area contributed by atoms with E-state index in [4.69, 9.17) is 22.1 Å². The second-order valence-electron chi connectivity index (χ2n) is 3.62. The third-order valence-electron chi connectivity index (χ3n) is 2.34. The van der Waals surface area contributed by atoms with Gasteiger partial charge < -0.3 is 4.74 Å². The summed E-state index contributed by atoms with van der Waals surface area (Å²) in [6.07, 6.45) is -4.49. The number of aromatic amines is 1. The van der Waals surface area contributed by atoms with E-state index in [1.54, 1.807) is 6.07 Å². The van der Waals surface area contributed by atoms with Crippen LogP contribution < -0.4 is 10.5 Å². The van der Waals surface area contributed by atoms with Crippen LogP contribution in [0, 0.1) is 0 Å². The van der Waals surface area contributed by atoms with Crippen molar-refractivity contribution in [2.24, 2.45) is 5.73 Å². The van der Waals surface area contributed by atoms with Crippen LogP contribution in [0.4, 0.5) is 13.2 Å². The summed E-state index contributed by atoms with van der Waals surface area (Å²) >= 11 is 5.82. The van der Waals surface area contributed by atoms with E-state index in [9.17, 15) is 13.2 Å². The van der Waals surface area contributed by atoms with Gasteiger partial charge in [-0.25, -0.2) is 0 Å². The molecule has 19 heavy (non-hydrogen) atoms. The van der Waals surface area contributed by atoms with Crippen LogP contribution in [-0.2, 0) is 6.18 Å². The molecule has 0 atom stereocenters. The lowest BCUT2D eigenvalue weighted by atomic mass is 10.1. The van der Waals surface area contributed by atoms with Gasteiger partial charge in [-0.3, -0.25) is 10.8 Å². The highest BCUT2D eigenvalue weighted by molar-refractivity contribution is 6.30. The van der Waals surface area contributed by atoms with Crippen LogP contribution in [0.1, 0.15) is 5.69 Å². The Morgan fingerprint density at radius 3 is 2.63 bits per heavy atom. The molecular formula is C11H9ClF3N3O. The zero-order valence-corrected chi connectivity index (χ0v) is 10.2. The van der Waals surface area contributed by atoms with E-state index in [1.807, 2.05) is 5.10 Å². The standard InChI is InChI=1S/C11H9ClF3N3O/c12-6-1-2-9(19-5-16)7(3-6)8-4-10(18-17-8)11(13,14)15/h1-4H,5,16H2,(H,17,18). The van der Waals surface area contributed by atoms with Crippen LogP contribution in [0.2, 0.25) is 5.02 Å². The maximum absolute atomic E-state index is 12.5. The highest BCUT2D eigenvalue weighted by Gasteiger charge is 2.33. The number of aromatic nitrogens is 2. The molecule has 0 spiro atoms. The maximum Gasteiger partial charge on any atom is 0.432 e. The molecule has 2 rings (SSSR count). The normalized spacial score (nSPS) is 11.6. The van der Waals surface area contributed by atoms with Crippen molar-refractivity contribution in [2.75, 3.05) is 6.73 Å². The number of H-pyrrole nitrogens is 1. The van der Waals surface area contributed by atoms with E-state index in [1.165, 1.54) is 12.1 Å². The number of alkyl halides is 3. The Hall–Kier alpha value is -1.73. The molecule has 0 aliphatic heterocycles. The minimum absolute atomic E-state index is 0.0817. The molecule has 0 fully saturated rings. The van der Waals surface area contributed by atoms with Crippen molar-refractivity contribution in [3.8, 4) is 17.0 Å². The van der Waals surface area contributed by atoms with Crippen molar-refractivity contribution in [3.63, 3.8) is 0 Å². The molecule has 1 aromatic carbocycles. The number of nitrogens with one attached hydrogen (secondary N) is 1. The van der Waals surface area contributed by atoms with Crippen molar-refractivity contribution < 1.29 is 17.9 Å². The molecule has 4 nitrogen and oxygen atoms in total. The maximum atomic E-state index is 12.5. The number of ether oxygens (including phenoxy) is 1.